The van der Waals surface area contributed by atoms with E-state index < -0.39 is 0 Å². The van der Waals surface area contributed by atoms with Crippen LogP contribution >= 0.6 is 11.8 Å². The molecule has 1 fully saturated rings. The highest BCUT2D eigenvalue weighted by Crippen LogP contribution is 2.71. The lowest BCUT2D eigenvalue weighted by Crippen LogP contribution is -2.30. The van der Waals surface area contributed by atoms with Gasteiger partial charge in [-0.15, -0.1) is 0 Å². The zero-order chi connectivity index (χ0) is 23.2. The summed E-state index contributed by atoms with van der Waals surface area (Å²) in [6.45, 7) is 21.0. The Labute approximate surface area is 198 Å². The topological polar surface area (TPSA) is 12.4 Å². The molecule has 0 radical (unpaired) electrons. The fraction of sp³-hybridized carbons (Fsp3) is 0.500. The van der Waals surface area contributed by atoms with Gasteiger partial charge in [-0.25, -0.2) is 0 Å². The van der Waals surface area contributed by atoms with Crippen molar-refractivity contribution < 1.29 is 0 Å². The number of hydrogen-bond acceptors (Lipinski definition) is 2. The van der Waals surface area contributed by atoms with Gasteiger partial charge in [0.05, 0.1) is 11.3 Å². The van der Waals surface area contributed by atoms with Crippen LogP contribution in [-0.4, -0.2) is 11.3 Å². The van der Waals surface area contributed by atoms with Crippen LogP contribution in [0.4, 0.5) is 0 Å². The van der Waals surface area contributed by atoms with Gasteiger partial charge in [0.1, 0.15) is 0 Å². The smallest absolute Gasteiger partial charge is 0.0722 e. The fourth-order valence-electron chi connectivity index (χ4n) is 6.64. The molecular weight excluding hydrogens is 406 g/mol. The summed E-state index contributed by atoms with van der Waals surface area (Å²) < 4.78 is 0. The Hall–Kier alpha value is -1.80. The average molecular weight is 444 g/mol. The number of benzene rings is 2. The fourth-order valence-corrected chi connectivity index (χ4v) is 8.02. The molecule has 1 nitrogen and oxygen atoms in total. The number of thioether (sulfide) groups is 1. The monoisotopic (exact) mass is 443 g/mol. The first-order valence-corrected chi connectivity index (χ1v) is 13.0. The minimum absolute atomic E-state index is 0.00494. The SMILES string of the molecule is CC[C@H]1C2(C)N=C3C(C)=C(C=C(C)C)Sc4c3c(c3ccccc3c4CC(C)(C)C)C12C. The van der Waals surface area contributed by atoms with Crippen molar-refractivity contribution in [1.82, 2.24) is 0 Å². The summed E-state index contributed by atoms with van der Waals surface area (Å²) in [5.74, 6) is 0.596. The van der Waals surface area contributed by atoms with Gasteiger partial charge in [-0.1, -0.05) is 82.6 Å². The molecule has 2 unspecified atom stereocenters. The number of fused-ring (bicyclic) bond motifs is 4. The van der Waals surface area contributed by atoms with Gasteiger partial charge >= 0.3 is 0 Å². The zero-order valence-electron chi connectivity index (χ0n) is 21.2. The quantitative estimate of drug-likeness (QED) is 0.462. The highest BCUT2D eigenvalue weighted by Gasteiger charge is 2.73. The molecule has 0 bridgehead atoms. The third kappa shape index (κ3) is 2.81. The molecule has 0 N–H and O–H groups in total. The molecule has 2 aromatic carbocycles. The van der Waals surface area contributed by atoms with E-state index in [0.29, 0.717) is 5.92 Å². The predicted molar refractivity (Wildman–Crippen MR) is 141 cm³/mol. The summed E-state index contributed by atoms with van der Waals surface area (Å²) in [6, 6.07) is 9.21. The molecular formula is C30H37NS. The molecule has 0 spiro atoms. The number of nitrogens with zero attached hydrogens (tertiary/aromatic N) is 1. The Balaban J connectivity index is 1.94. The summed E-state index contributed by atoms with van der Waals surface area (Å²) in [5, 5.41) is 2.91. The van der Waals surface area contributed by atoms with E-state index in [9.17, 15) is 0 Å². The van der Waals surface area contributed by atoms with Crippen molar-refractivity contribution in [3.8, 4) is 0 Å². The van der Waals surface area contributed by atoms with Crippen molar-refractivity contribution in [2.24, 2.45) is 16.3 Å². The van der Waals surface area contributed by atoms with Crippen molar-refractivity contribution in [2.45, 2.75) is 91.0 Å². The van der Waals surface area contributed by atoms with Gasteiger partial charge in [-0.05, 0) is 79.0 Å². The van der Waals surface area contributed by atoms with E-state index in [2.05, 4.69) is 92.7 Å². The summed E-state index contributed by atoms with van der Waals surface area (Å²) in [7, 11) is 0. The van der Waals surface area contributed by atoms with E-state index in [1.807, 2.05) is 11.8 Å². The molecule has 1 aliphatic carbocycles. The molecule has 0 aromatic heterocycles. The first kappa shape index (κ1) is 22.0. The van der Waals surface area contributed by atoms with E-state index in [-0.39, 0.29) is 16.4 Å². The zero-order valence-corrected chi connectivity index (χ0v) is 22.1. The van der Waals surface area contributed by atoms with Crippen LogP contribution in [-0.2, 0) is 11.8 Å². The van der Waals surface area contributed by atoms with E-state index in [0.717, 1.165) is 6.42 Å². The average Bonchev–Trinajstić information content (AvgIpc) is 3.20. The molecule has 2 aliphatic heterocycles. The molecule has 2 heterocycles. The van der Waals surface area contributed by atoms with Gasteiger partial charge in [0.25, 0.3) is 0 Å². The summed E-state index contributed by atoms with van der Waals surface area (Å²) in [5.41, 5.74) is 8.83. The Morgan fingerprint density at radius 3 is 2.38 bits per heavy atom. The lowest BCUT2D eigenvalue weighted by atomic mass is 9.76. The number of allylic oxidation sites excluding steroid dienone is 3. The standard InChI is InChI=1S/C30H37NS/c1-10-23-29(8)25-20-14-12-11-13-19(20)21(16-28(5,6)7)27-24(25)26(31-30(23,29)9)18(4)22(32-27)15-17(2)3/h11-15,23H,10,16H2,1-9H3/t23-,29?,30?/m1/s1. The number of aliphatic imine (C=N–C) groups is 1. The maximum absolute atomic E-state index is 5.58. The minimum atomic E-state index is -0.00494. The van der Waals surface area contributed by atoms with Crippen molar-refractivity contribution in [2.75, 3.05) is 0 Å². The minimum Gasteiger partial charge on any atom is -0.277 e. The molecule has 3 atom stereocenters. The van der Waals surface area contributed by atoms with Gasteiger partial charge in [-0.2, -0.15) is 0 Å². The molecule has 32 heavy (non-hydrogen) atoms. The molecule has 5 rings (SSSR count). The molecule has 3 aliphatic rings. The highest BCUT2D eigenvalue weighted by atomic mass is 32.2. The van der Waals surface area contributed by atoms with E-state index >= 15 is 0 Å². The van der Waals surface area contributed by atoms with E-state index in [4.69, 9.17) is 4.99 Å². The lowest BCUT2D eigenvalue weighted by Gasteiger charge is -2.36. The Kier molecular flexibility index (Phi) is 4.72. The third-order valence-corrected chi connectivity index (χ3v) is 9.49. The Morgan fingerprint density at radius 1 is 1.12 bits per heavy atom. The molecule has 2 aromatic rings. The third-order valence-electron chi connectivity index (χ3n) is 8.19. The summed E-state index contributed by atoms with van der Waals surface area (Å²) >= 11 is 1.99. The van der Waals surface area contributed by atoms with Crippen LogP contribution in [0.2, 0.25) is 0 Å². The number of rotatable bonds is 3. The normalized spacial score (nSPS) is 28.3. The van der Waals surface area contributed by atoms with Crippen LogP contribution in [0.5, 0.6) is 0 Å². The second kappa shape index (κ2) is 6.86. The first-order chi connectivity index (χ1) is 14.9. The van der Waals surface area contributed by atoms with Crippen LogP contribution < -0.4 is 0 Å². The molecule has 168 valence electrons. The first-order valence-electron chi connectivity index (χ1n) is 12.2. The van der Waals surface area contributed by atoms with Crippen molar-refractivity contribution in [3.63, 3.8) is 0 Å². The van der Waals surface area contributed by atoms with E-state index in [1.54, 1.807) is 5.56 Å². The van der Waals surface area contributed by atoms with Gasteiger partial charge in [0, 0.05) is 20.8 Å². The molecule has 2 heteroatoms. The molecule has 0 amide bonds. The predicted octanol–water partition coefficient (Wildman–Crippen LogP) is 8.63. The number of hydrogen-bond donors (Lipinski definition) is 0. The van der Waals surface area contributed by atoms with Crippen molar-refractivity contribution >= 4 is 28.2 Å². The van der Waals surface area contributed by atoms with Crippen LogP contribution in [0.15, 0.2) is 56.3 Å². The second-order valence-electron chi connectivity index (χ2n) is 11.9. The van der Waals surface area contributed by atoms with Crippen LogP contribution in [0.3, 0.4) is 0 Å². The summed E-state index contributed by atoms with van der Waals surface area (Å²) in [4.78, 5) is 8.42. The summed E-state index contributed by atoms with van der Waals surface area (Å²) in [6.07, 6.45) is 4.61. The maximum Gasteiger partial charge on any atom is 0.0722 e. The Bertz CT molecular complexity index is 1250. The van der Waals surface area contributed by atoms with Gasteiger partial charge in [0.2, 0.25) is 0 Å². The van der Waals surface area contributed by atoms with Crippen LogP contribution in [0.1, 0.15) is 85.4 Å². The highest BCUT2D eigenvalue weighted by molar-refractivity contribution is 8.03. The van der Waals surface area contributed by atoms with Crippen molar-refractivity contribution in [1.29, 1.82) is 0 Å². The largest absolute Gasteiger partial charge is 0.277 e. The molecule has 0 saturated heterocycles. The van der Waals surface area contributed by atoms with E-state index in [1.165, 1.54) is 55.0 Å². The lowest BCUT2D eigenvalue weighted by molar-refractivity contribution is 0.409. The Morgan fingerprint density at radius 2 is 1.78 bits per heavy atom. The van der Waals surface area contributed by atoms with Gasteiger partial charge in [-0.3, -0.25) is 4.99 Å². The van der Waals surface area contributed by atoms with Gasteiger partial charge in [0.15, 0.2) is 0 Å². The van der Waals surface area contributed by atoms with Gasteiger partial charge < -0.3 is 0 Å². The second-order valence-corrected chi connectivity index (χ2v) is 13.0. The molecule has 1 saturated carbocycles. The van der Waals surface area contributed by atoms with Crippen LogP contribution in [0.25, 0.3) is 10.8 Å². The van der Waals surface area contributed by atoms with Crippen molar-refractivity contribution in [3.05, 3.63) is 63.1 Å². The van der Waals surface area contributed by atoms with Crippen LogP contribution in [0, 0.1) is 11.3 Å². The maximum atomic E-state index is 5.58.